The molecule has 0 unspecified atom stereocenters. The van der Waals surface area contributed by atoms with Gasteiger partial charge in [0.1, 0.15) is 5.76 Å². The van der Waals surface area contributed by atoms with Gasteiger partial charge < -0.3 is 9.84 Å². The highest BCUT2D eigenvalue weighted by Gasteiger charge is 2.28. The number of nitrogens with zero attached hydrogens (tertiary/aromatic N) is 2. The molecule has 2 atom stereocenters. The highest BCUT2D eigenvalue weighted by atomic mass is 32.2. The SMILES string of the molecule is CCS[C@H]1CC[C@H](N(C)CC(=O)Nc2cc(C)on2)C1. The van der Waals surface area contributed by atoms with E-state index < -0.39 is 0 Å². The van der Waals surface area contributed by atoms with Crippen molar-refractivity contribution in [3.8, 4) is 0 Å². The molecule has 1 fully saturated rings. The molecular weight excluding hydrogens is 274 g/mol. The molecule has 1 saturated carbocycles. The highest BCUT2D eigenvalue weighted by Crippen LogP contribution is 2.32. The van der Waals surface area contributed by atoms with Gasteiger partial charge in [-0.3, -0.25) is 9.69 Å². The van der Waals surface area contributed by atoms with Gasteiger partial charge in [0.15, 0.2) is 5.82 Å². The smallest absolute Gasteiger partial charge is 0.239 e. The summed E-state index contributed by atoms with van der Waals surface area (Å²) in [5.41, 5.74) is 0. The Bertz CT molecular complexity index is 449. The van der Waals surface area contributed by atoms with Gasteiger partial charge >= 0.3 is 0 Å². The number of aromatic nitrogens is 1. The van der Waals surface area contributed by atoms with Crippen LogP contribution >= 0.6 is 11.8 Å². The lowest BCUT2D eigenvalue weighted by molar-refractivity contribution is -0.117. The summed E-state index contributed by atoms with van der Waals surface area (Å²) >= 11 is 2.03. The number of amides is 1. The van der Waals surface area contributed by atoms with E-state index in [1.54, 1.807) is 13.0 Å². The number of hydrogen-bond donors (Lipinski definition) is 1. The molecule has 0 spiro atoms. The second kappa shape index (κ2) is 7.13. The summed E-state index contributed by atoms with van der Waals surface area (Å²) in [6.07, 6.45) is 3.63. The number of rotatable bonds is 6. The lowest BCUT2D eigenvalue weighted by Gasteiger charge is -2.23. The van der Waals surface area contributed by atoms with E-state index >= 15 is 0 Å². The number of anilines is 1. The number of carbonyl (C=O) groups is 1. The number of aryl methyl sites for hydroxylation is 1. The Labute approximate surface area is 124 Å². The zero-order valence-corrected chi connectivity index (χ0v) is 13.2. The summed E-state index contributed by atoms with van der Waals surface area (Å²) in [6.45, 7) is 4.41. The predicted octanol–water partition coefficient (Wildman–Crippen LogP) is 2.53. The lowest BCUT2D eigenvalue weighted by atomic mass is 10.2. The van der Waals surface area contributed by atoms with Crippen molar-refractivity contribution in [2.24, 2.45) is 0 Å². The first-order valence-electron chi connectivity index (χ1n) is 7.13. The van der Waals surface area contributed by atoms with E-state index in [0.717, 1.165) is 5.25 Å². The molecule has 0 saturated heterocycles. The maximum Gasteiger partial charge on any atom is 0.239 e. The lowest BCUT2D eigenvalue weighted by Crippen LogP contribution is -2.36. The molecule has 1 aliphatic rings. The van der Waals surface area contributed by atoms with Crippen molar-refractivity contribution in [3.05, 3.63) is 11.8 Å². The molecule has 1 aliphatic carbocycles. The van der Waals surface area contributed by atoms with Crippen molar-refractivity contribution >= 4 is 23.5 Å². The van der Waals surface area contributed by atoms with Gasteiger partial charge in [0.2, 0.25) is 5.91 Å². The maximum absolute atomic E-state index is 12.0. The van der Waals surface area contributed by atoms with Gasteiger partial charge in [-0.05, 0) is 39.0 Å². The van der Waals surface area contributed by atoms with Crippen LogP contribution in [0.3, 0.4) is 0 Å². The summed E-state index contributed by atoms with van der Waals surface area (Å²) < 4.78 is 4.93. The second-order valence-electron chi connectivity index (χ2n) is 5.33. The van der Waals surface area contributed by atoms with E-state index in [-0.39, 0.29) is 5.91 Å². The van der Waals surface area contributed by atoms with Crippen LogP contribution in [0.25, 0.3) is 0 Å². The third kappa shape index (κ3) is 4.24. The van der Waals surface area contributed by atoms with E-state index in [1.807, 2.05) is 18.8 Å². The average Bonchev–Trinajstić information content (AvgIpc) is 2.99. The number of nitrogens with one attached hydrogen (secondary N) is 1. The van der Waals surface area contributed by atoms with Crippen LogP contribution in [0, 0.1) is 6.92 Å². The van der Waals surface area contributed by atoms with Crippen molar-refractivity contribution in [1.29, 1.82) is 0 Å². The van der Waals surface area contributed by atoms with Gasteiger partial charge in [0.05, 0.1) is 6.54 Å². The zero-order chi connectivity index (χ0) is 14.5. The van der Waals surface area contributed by atoms with Crippen LogP contribution in [0.1, 0.15) is 31.9 Å². The molecule has 0 bridgehead atoms. The Morgan fingerprint density at radius 1 is 1.60 bits per heavy atom. The van der Waals surface area contributed by atoms with E-state index in [4.69, 9.17) is 4.52 Å². The molecule has 0 radical (unpaired) electrons. The van der Waals surface area contributed by atoms with E-state index in [1.165, 1.54) is 25.0 Å². The fourth-order valence-electron chi connectivity index (χ4n) is 2.67. The fraction of sp³-hybridized carbons (Fsp3) is 0.714. The van der Waals surface area contributed by atoms with Gasteiger partial charge in [-0.25, -0.2) is 0 Å². The van der Waals surface area contributed by atoms with Gasteiger partial charge in [-0.1, -0.05) is 12.1 Å². The molecule has 112 valence electrons. The minimum absolute atomic E-state index is 0.0348. The zero-order valence-electron chi connectivity index (χ0n) is 12.4. The molecule has 5 nitrogen and oxygen atoms in total. The quantitative estimate of drug-likeness (QED) is 0.874. The Balaban J connectivity index is 1.76. The van der Waals surface area contributed by atoms with Gasteiger partial charge in [0.25, 0.3) is 0 Å². The number of carbonyl (C=O) groups excluding carboxylic acids is 1. The summed E-state index contributed by atoms with van der Waals surface area (Å²) in [5.74, 6) is 2.33. The van der Waals surface area contributed by atoms with Crippen molar-refractivity contribution in [3.63, 3.8) is 0 Å². The van der Waals surface area contributed by atoms with E-state index in [9.17, 15) is 4.79 Å². The van der Waals surface area contributed by atoms with Crippen LogP contribution in [0.15, 0.2) is 10.6 Å². The Kier molecular flexibility index (Phi) is 5.48. The molecule has 1 amide bonds. The van der Waals surface area contributed by atoms with Gasteiger partial charge in [0, 0.05) is 17.4 Å². The number of likely N-dealkylation sites (N-methyl/N-ethyl adjacent to an activating group) is 1. The summed E-state index contributed by atoms with van der Waals surface area (Å²) in [6, 6.07) is 2.24. The number of hydrogen-bond acceptors (Lipinski definition) is 5. The van der Waals surface area contributed by atoms with Crippen molar-refractivity contribution in [1.82, 2.24) is 10.1 Å². The highest BCUT2D eigenvalue weighted by molar-refractivity contribution is 7.99. The third-order valence-corrected chi connectivity index (χ3v) is 4.90. The van der Waals surface area contributed by atoms with Crippen LogP contribution in [0.2, 0.25) is 0 Å². The second-order valence-corrected chi connectivity index (χ2v) is 6.91. The fourth-order valence-corrected chi connectivity index (χ4v) is 3.80. The summed E-state index contributed by atoms with van der Waals surface area (Å²) in [7, 11) is 2.03. The Hall–Kier alpha value is -1.01. The first-order chi connectivity index (χ1) is 9.58. The van der Waals surface area contributed by atoms with Gasteiger partial charge in [-0.15, -0.1) is 0 Å². The van der Waals surface area contributed by atoms with E-state index in [0.29, 0.717) is 24.2 Å². The van der Waals surface area contributed by atoms with E-state index in [2.05, 4.69) is 22.3 Å². The topological polar surface area (TPSA) is 58.4 Å². The molecule has 20 heavy (non-hydrogen) atoms. The van der Waals surface area contributed by atoms with Crippen LogP contribution in [0.4, 0.5) is 5.82 Å². The molecule has 1 aromatic rings. The average molecular weight is 297 g/mol. The largest absolute Gasteiger partial charge is 0.360 e. The first-order valence-corrected chi connectivity index (χ1v) is 8.18. The molecular formula is C14H23N3O2S. The maximum atomic E-state index is 12.0. The van der Waals surface area contributed by atoms with Gasteiger partial charge in [-0.2, -0.15) is 11.8 Å². The molecule has 0 aromatic carbocycles. The normalized spacial score (nSPS) is 22.4. The molecule has 1 aromatic heterocycles. The van der Waals surface area contributed by atoms with Crippen LogP contribution in [0.5, 0.6) is 0 Å². The molecule has 2 rings (SSSR count). The van der Waals surface area contributed by atoms with Crippen LogP contribution in [-0.2, 0) is 4.79 Å². The minimum Gasteiger partial charge on any atom is -0.360 e. The van der Waals surface area contributed by atoms with Crippen molar-refractivity contribution in [2.75, 3.05) is 24.7 Å². The Morgan fingerprint density at radius 3 is 3.05 bits per heavy atom. The molecule has 1 N–H and O–H groups in total. The summed E-state index contributed by atoms with van der Waals surface area (Å²) in [4.78, 5) is 14.1. The monoisotopic (exact) mass is 297 g/mol. The molecule has 0 aliphatic heterocycles. The number of thioether (sulfide) groups is 1. The summed E-state index contributed by atoms with van der Waals surface area (Å²) in [5, 5.41) is 7.29. The van der Waals surface area contributed by atoms with Crippen molar-refractivity contribution < 1.29 is 9.32 Å². The first kappa shape index (κ1) is 15.4. The standard InChI is InChI=1S/C14H23N3O2S/c1-4-20-12-6-5-11(8-12)17(3)9-14(18)15-13-7-10(2)19-16-13/h7,11-12H,4-6,8-9H2,1-3H3,(H,15,16,18)/t11-,12-/m0/s1. The Morgan fingerprint density at radius 2 is 2.40 bits per heavy atom. The molecule has 6 heteroatoms. The molecule has 1 heterocycles. The van der Waals surface area contributed by atoms with Crippen LogP contribution in [-0.4, -0.2) is 46.6 Å². The minimum atomic E-state index is -0.0348. The third-order valence-electron chi connectivity index (χ3n) is 3.67. The van der Waals surface area contributed by atoms with Crippen molar-refractivity contribution in [2.45, 2.75) is 44.4 Å². The van der Waals surface area contributed by atoms with Crippen LogP contribution < -0.4 is 5.32 Å². The predicted molar refractivity (Wildman–Crippen MR) is 82.1 cm³/mol.